The number of ether oxygens (including phenoxy) is 2. The highest BCUT2D eigenvalue weighted by molar-refractivity contribution is 6.32. The normalized spacial score (nSPS) is 15.5. The molecule has 0 saturated carbocycles. The molecule has 5 heteroatoms. The molecule has 3 rings (SSSR count). The molecule has 4 nitrogen and oxygen atoms in total. The first-order chi connectivity index (χ1) is 14.0. The Kier molecular flexibility index (Phi) is 7.82. The number of hydrogen-bond donors (Lipinski definition) is 0. The molecule has 1 saturated heterocycles. The number of rotatable bonds is 8. The second-order valence-electron chi connectivity index (χ2n) is 8.05. The van der Waals surface area contributed by atoms with Gasteiger partial charge in [-0.25, -0.2) is 0 Å². The number of benzene rings is 2. The van der Waals surface area contributed by atoms with Gasteiger partial charge in [0.15, 0.2) is 0 Å². The quantitative estimate of drug-likeness (QED) is 0.621. The summed E-state index contributed by atoms with van der Waals surface area (Å²) in [7, 11) is 3.91. The monoisotopic (exact) mass is 416 g/mol. The highest BCUT2D eigenvalue weighted by atomic mass is 35.5. The van der Waals surface area contributed by atoms with Crippen molar-refractivity contribution in [2.24, 2.45) is 0 Å². The van der Waals surface area contributed by atoms with Crippen molar-refractivity contribution in [2.45, 2.75) is 33.3 Å². The fourth-order valence-corrected chi connectivity index (χ4v) is 3.94. The predicted octanol–water partition coefficient (Wildman–Crippen LogP) is 4.72. The SMILES string of the molecule is COc1ccc(CCCN2CCN(C)CC2)cc1COc1cc(C)c(Cl)c(C)c1. The van der Waals surface area contributed by atoms with Gasteiger partial charge < -0.3 is 19.3 Å². The Bertz CT molecular complexity index is 794. The van der Waals surface area contributed by atoms with Crippen LogP contribution in [-0.4, -0.2) is 56.7 Å². The van der Waals surface area contributed by atoms with E-state index >= 15 is 0 Å². The van der Waals surface area contributed by atoms with Crippen molar-refractivity contribution >= 4 is 11.6 Å². The lowest BCUT2D eigenvalue weighted by atomic mass is 10.1. The Labute approximate surface area is 180 Å². The van der Waals surface area contributed by atoms with Crippen molar-refractivity contribution < 1.29 is 9.47 Å². The minimum atomic E-state index is 0.482. The fourth-order valence-electron chi connectivity index (χ4n) is 3.83. The molecular weight excluding hydrogens is 384 g/mol. The summed E-state index contributed by atoms with van der Waals surface area (Å²) in [6, 6.07) is 10.4. The van der Waals surface area contributed by atoms with Gasteiger partial charge >= 0.3 is 0 Å². The van der Waals surface area contributed by atoms with Crippen molar-refractivity contribution in [1.82, 2.24) is 9.80 Å². The van der Waals surface area contributed by atoms with Gasteiger partial charge in [-0.15, -0.1) is 0 Å². The number of methoxy groups -OCH3 is 1. The van der Waals surface area contributed by atoms with Crippen LogP contribution in [0.5, 0.6) is 11.5 Å². The van der Waals surface area contributed by atoms with Crippen LogP contribution in [0.4, 0.5) is 0 Å². The van der Waals surface area contributed by atoms with Gasteiger partial charge in [0.2, 0.25) is 0 Å². The van der Waals surface area contributed by atoms with E-state index in [9.17, 15) is 0 Å². The van der Waals surface area contributed by atoms with Gasteiger partial charge in [-0.05, 0) is 81.2 Å². The number of aryl methyl sites for hydroxylation is 3. The molecule has 0 spiro atoms. The summed E-state index contributed by atoms with van der Waals surface area (Å²) in [5.74, 6) is 1.71. The zero-order valence-electron chi connectivity index (χ0n) is 18.1. The smallest absolute Gasteiger partial charge is 0.125 e. The van der Waals surface area contributed by atoms with Gasteiger partial charge in [0.05, 0.1) is 7.11 Å². The molecule has 0 bridgehead atoms. The van der Waals surface area contributed by atoms with Crippen LogP contribution < -0.4 is 9.47 Å². The summed E-state index contributed by atoms with van der Waals surface area (Å²) in [5, 5.41) is 0.803. The molecule has 0 radical (unpaired) electrons. The van der Waals surface area contributed by atoms with Gasteiger partial charge in [0, 0.05) is 36.8 Å². The second kappa shape index (κ2) is 10.3. The van der Waals surface area contributed by atoms with Crippen molar-refractivity contribution in [3.63, 3.8) is 0 Å². The average molecular weight is 417 g/mol. The summed E-state index contributed by atoms with van der Waals surface area (Å²) in [5.41, 5.74) is 4.48. The van der Waals surface area contributed by atoms with E-state index < -0.39 is 0 Å². The largest absolute Gasteiger partial charge is 0.496 e. The average Bonchev–Trinajstić information content (AvgIpc) is 2.72. The molecule has 2 aromatic carbocycles. The van der Waals surface area contributed by atoms with Crippen LogP contribution in [0.2, 0.25) is 5.02 Å². The molecule has 0 N–H and O–H groups in total. The van der Waals surface area contributed by atoms with Crippen LogP contribution in [-0.2, 0) is 13.0 Å². The van der Waals surface area contributed by atoms with Gasteiger partial charge in [0.1, 0.15) is 18.1 Å². The van der Waals surface area contributed by atoms with Crippen molar-refractivity contribution in [2.75, 3.05) is 46.9 Å². The first kappa shape index (κ1) is 21.9. The number of piperazine rings is 1. The zero-order valence-corrected chi connectivity index (χ0v) is 18.9. The lowest BCUT2D eigenvalue weighted by Gasteiger charge is -2.32. The van der Waals surface area contributed by atoms with Crippen molar-refractivity contribution in [3.05, 3.63) is 57.6 Å². The van der Waals surface area contributed by atoms with Gasteiger partial charge in [-0.1, -0.05) is 17.7 Å². The van der Waals surface area contributed by atoms with E-state index in [2.05, 4.69) is 35.0 Å². The Morgan fingerprint density at radius 3 is 2.34 bits per heavy atom. The highest BCUT2D eigenvalue weighted by Gasteiger charge is 2.13. The molecule has 2 aromatic rings. The van der Waals surface area contributed by atoms with E-state index in [4.69, 9.17) is 21.1 Å². The third kappa shape index (κ3) is 6.11. The molecule has 0 aromatic heterocycles. The number of likely N-dealkylation sites (N-methyl/N-ethyl adjacent to an activating group) is 1. The maximum absolute atomic E-state index is 6.27. The fraction of sp³-hybridized carbons (Fsp3) is 0.500. The van der Waals surface area contributed by atoms with E-state index in [0.29, 0.717) is 6.61 Å². The maximum atomic E-state index is 6.27. The van der Waals surface area contributed by atoms with E-state index in [0.717, 1.165) is 46.2 Å². The Balaban J connectivity index is 1.58. The predicted molar refractivity (Wildman–Crippen MR) is 121 cm³/mol. The summed E-state index contributed by atoms with van der Waals surface area (Å²) < 4.78 is 11.6. The van der Waals surface area contributed by atoms with E-state index in [1.165, 1.54) is 38.2 Å². The number of nitrogens with zero attached hydrogens (tertiary/aromatic N) is 2. The van der Waals surface area contributed by atoms with Gasteiger partial charge in [-0.2, -0.15) is 0 Å². The molecule has 0 aliphatic carbocycles. The summed E-state index contributed by atoms with van der Waals surface area (Å²) >= 11 is 6.27. The molecular formula is C24H33ClN2O2. The van der Waals surface area contributed by atoms with Crippen LogP contribution in [0.1, 0.15) is 28.7 Å². The lowest BCUT2D eigenvalue weighted by molar-refractivity contribution is 0.153. The third-order valence-corrected chi connectivity index (χ3v) is 6.28. The Morgan fingerprint density at radius 2 is 1.69 bits per heavy atom. The molecule has 0 atom stereocenters. The minimum Gasteiger partial charge on any atom is -0.496 e. The Hall–Kier alpha value is -1.75. The van der Waals surface area contributed by atoms with Crippen LogP contribution >= 0.6 is 11.6 Å². The zero-order chi connectivity index (χ0) is 20.8. The third-order valence-electron chi connectivity index (χ3n) is 5.68. The van der Waals surface area contributed by atoms with Crippen molar-refractivity contribution in [3.8, 4) is 11.5 Å². The maximum Gasteiger partial charge on any atom is 0.125 e. The molecule has 1 aliphatic heterocycles. The summed E-state index contributed by atoms with van der Waals surface area (Å²) in [4.78, 5) is 4.97. The minimum absolute atomic E-state index is 0.482. The number of halogens is 1. The standard InChI is InChI=1S/C24H33ClN2O2/c1-18-14-22(15-19(2)24(18)25)29-17-21-16-20(7-8-23(21)28-4)6-5-9-27-12-10-26(3)11-13-27/h7-8,14-16H,5-6,9-13,17H2,1-4H3. The van der Waals surface area contributed by atoms with Crippen LogP contribution in [0, 0.1) is 13.8 Å². The van der Waals surface area contributed by atoms with Crippen LogP contribution in [0.25, 0.3) is 0 Å². The molecule has 158 valence electrons. The van der Waals surface area contributed by atoms with Crippen molar-refractivity contribution in [1.29, 1.82) is 0 Å². The summed E-state index contributed by atoms with van der Waals surface area (Å²) in [6.45, 7) is 10.4. The number of hydrogen-bond acceptors (Lipinski definition) is 4. The van der Waals surface area contributed by atoms with E-state index in [-0.39, 0.29) is 0 Å². The Morgan fingerprint density at radius 1 is 1.00 bits per heavy atom. The molecule has 1 heterocycles. The van der Waals surface area contributed by atoms with Crippen LogP contribution in [0.15, 0.2) is 30.3 Å². The van der Waals surface area contributed by atoms with Gasteiger partial charge in [0.25, 0.3) is 0 Å². The highest BCUT2D eigenvalue weighted by Crippen LogP contribution is 2.28. The van der Waals surface area contributed by atoms with E-state index in [1.807, 2.05) is 26.0 Å². The topological polar surface area (TPSA) is 24.9 Å². The van der Waals surface area contributed by atoms with Gasteiger partial charge in [-0.3, -0.25) is 0 Å². The summed E-state index contributed by atoms with van der Waals surface area (Å²) in [6.07, 6.45) is 2.24. The molecule has 1 aliphatic rings. The molecule has 0 unspecified atom stereocenters. The molecule has 0 amide bonds. The molecule has 29 heavy (non-hydrogen) atoms. The van der Waals surface area contributed by atoms with Crippen LogP contribution in [0.3, 0.4) is 0 Å². The second-order valence-corrected chi connectivity index (χ2v) is 8.43. The molecule has 1 fully saturated rings. The lowest BCUT2D eigenvalue weighted by Crippen LogP contribution is -2.44. The first-order valence-corrected chi connectivity index (χ1v) is 10.8. The van der Waals surface area contributed by atoms with E-state index in [1.54, 1.807) is 7.11 Å². The first-order valence-electron chi connectivity index (χ1n) is 10.4.